The van der Waals surface area contributed by atoms with E-state index in [0.717, 1.165) is 6.16 Å². The van der Waals surface area contributed by atoms with Crippen LogP contribution < -0.4 is 12.4 Å². The van der Waals surface area contributed by atoms with E-state index in [-0.39, 0.29) is 12.4 Å². The van der Waals surface area contributed by atoms with Crippen molar-refractivity contribution in [1.29, 1.82) is 0 Å². The molecule has 1 nitrogen and oxygen atoms in total. The van der Waals surface area contributed by atoms with Gasteiger partial charge >= 0.3 is 0 Å². The number of hydrogen-bond donors (Lipinski definition) is 1. The summed E-state index contributed by atoms with van der Waals surface area (Å²) in [6.07, 6.45) is 0.903. The Kier molecular flexibility index (Phi) is 16.2. The molecule has 0 heterocycles. The standard InChI is InChI=1S/C2H7OP.ClH/c3-1-2-4;/h3H,1-2,4H2;1H. The predicted molar refractivity (Wildman–Crippen MR) is 23.1 cm³/mol. The van der Waals surface area contributed by atoms with Crippen LogP contribution >= 0.6 is 9.24 Å². The molecule has 0 aromatic rings. The number of rotatable bonds is 1. The second kappa shape index (κ2) is 8.82. The minimum absolute atomic E-state index is 0. The zero-order chi connectivity index (χ0) is 3.41. The van der Waals surface area contributed by atoms with E-state index in [1.807, 2.05) is 0 Å². The summed E-state index contributed by atoms with van der Waals surface area (Å²) in [6, 6.07) is 0. The van der Waals surface area contributed by atoms with Gasteiger partial charge in [-0.3, -0.25) is 0 Å². The van der Waals surface area contributed by atoms with Crippen molar-refractivity contribution >= 4 is 9.24 Å². The number of hydrogen-bond acceptors (Lipinski definition) is 1. The SMILES string of the molecule is OCC[PH3+].[Cl-]. The van der Waals surface area contributed by atoms with Crippen molar-refractivity contribution in [3.05, 3.63) is 0 Å². The van der Waals surface area contributed by atoms with E-state index in [9.17, 15) is 0 Å². The normalized spacial score (nSPS) is 6.60. The van der Waals surface area contributed by atoms with Gasteiger partial charge in [0.25, 0.3) is 0 Å². The molecule has 0 aromatic carbocycles. The highest BCUT2D eigenvalue weighted by Crippen LogP contribution is 1.70. The Labute approximate surface area is 40.4 Å². The molecule has 1 unspecified atom stereocenters. The lowest BCUT2D eigenvalue weighted by Crippen LogP contribution is -3.00. The van der Waals surface area contributed by atoms with E-state index in [2.05, 4.69) is 0 Å². The van der Waals surface area contributed by atoms with Gasteiger partial charge in [-0.2, -0.15) is 0 Å². The molecular weight excluding hydrogens is 106 g/mol. The molecule has 0 amide bonds. The molecule has 0 aromatic heterocycles. The van der Waals surface area contributed by atoms with E-state index in [1.165, 1.54) is 0 Å². The van der Waals surface area contributed by atoms with Crippen molar-refractivity contribution in [1.82, 2.24) is 0 Å². The van der Waals surface area contributed by atoms with Gasteiger partial charge in [0.1, 0.15) is 0 Å². The van der Waals surface area contributed by atoms with Crippen LogP contribution in [-0.2, 0) is 0 Å². The molecule has 0 rings (SSSR count). The smallest absolute Gasteiger partial charge is 0.0762 e. The zero-order valence-corrected chi connectivity index (χ0v) is 5.12. The second-order valence-corrected chi connectivity index (χ2v) is 1.28. The van der Waals surface area contributed by atoms with Crippen LogP contribution in [0.25, 0.3) is 0 Å². The Morgan fingerprint density at radius 3 is 1.80 bits per heavy atom. The molecule has 3 heteroatoms. The molecule has 1 N–H and O–H groups in total. The first-order valence-corrected chi connectivity index (χ1v) is 2.32. The zero-order valence-electron chi connectivity index (χ0n) is 2.95. The topological polar surface area (TPSA) is 20.2 Å². The van der Waals surface area contributed by atoms with Crippen molar-refractivity contribution in [3.63, 3.8) is 0 Å². The fourth-order valence-corrected chi connectivity index (χ4v) is 0. The highest BCUT2D eigenvalue weighted by Gasteiger charge is 1.63. The minimum Gasteiger partial charge on any atom is -1.00 e. The van der Waals surface area contributed by atoms with Crippen LogP contribution in [0.1, 0.15) is 0 Å². The summed E-state index contributed by atoms with van der Waals surface area (Å²) in [5, 5.41) is 7.88. The molecule has 0 radical (unpaired) electrons. The third-order valence-corrected chi connectivity index (χ3v) is 0.474. The summed E-state index contributed by atoms with van der Waals surface area (Å²) in [6.45, 7) is 0.332. The van der Waals surface area contributed by atoms with Gasteiger partial charge in [0, 0.05) is 0 Å². The van der Waals surface area contributed by atoms with E-state index in [4.69, 9.17) is 5.11 Å². The van der Waals surface area contributed by atoms with Gasteiger partial charge in [0.15, 0.2) is 0 Å². The van der Waals surface area contributed by atoms with E-state index in [0.29, 0.717) is 6.61 Å². The molecule has 0 bridgehead atoms. The second-order valence-electron chi connectivity index (χ2n) is 0.577. The van der Waals surface area contributed by atoms with Crippen molar-refractivity contribution < 1.29 is 17.5 Å². The number of halogens is 1. The van der Waals surface area contributed by atoms with E-state index >= 15 is 0 Å². The molecule has 5 heavy (non-hydrogen) atoms. The van der Waals surface area contributed by atoms with Gasteiger partial charge in [0.05, 0.1) is 12.8 Å². The molecule has 0 fully saturated rings. The lowest BCUT2D eigenvalue weighted by atomic mass is 10.9. The molecule has 34 valence electrons. The quantitative estimate of drug-likeness (QED) is 0.352. The molecule has 0 aliphatic heterocycles. The average Bonchev–Trinajstić information content (AvgIpc) is 1.37. The van der Waals surface area contributed by atoms with Gasteiger partial charge in [-0.1, -0.05) is 0 Å². The van der Waals surface area contributed by atoms with Gasteiger partial charge in [-0.05, 0) is 9.24 Å². The van der Waals surface area contributed by atoms with Crippen molar-refractivity contribution in [2.45, 2.75) is 0 Å². The van der Waals surface area contributed by atoms with Crippen LogP contribution in [0.15, 0.2) is 0 Å². The van der Waals surface area contributed by atoms with Crippen LogP contribution in [0.3, 0.4) is 0 Å². The average molecular weight is 115 g/mol. The summed E-state index contributed by atoms with van der Waals surface area (Å²) in [7, 11) is 1.77. The van der Waals surface area contributed by atoms with Gasteiger partial charge in [-0.15, -0.1) is 0 Å². The molecule has 0 spiro atoms. The van der Waals surface area contributed by atoms with Gasteiger partial charge < -0.3 is 17.5 Å². The third kappa shape index (κ3) is 11.9. The summed E-state index contributed by atoms with van der Waals surface area (Å²) in [5.41, 5.74) is 0. The third-order valence-electron chi connectivity index (χ3n) is 0.158. The molecule has 0 saturated carbocycles. The number of aliphatic hydroxyl groups excluding tert-OH is 1. The lowest BCUT2D eigenvalue weighted by molar-refractivity contribution is -0.00000189. The summed E-state index contributed by atoms with van der Waals surface area (Å²) >= 11 is 0. The highest BCUT2D eigenvalue weighted by atomic mass is 35.5. The first-order chi connectivity index (χ1) is 1.91. The van der Waals surface area contributed by atoms with E-state index < -0.39 is 0 Å². The van der Waals surface area contributed by atoms with E-state index in [1.54, 1.807) is 9.24 Å². The summed E-state index contributed by atoms with van der Waals surface area (Å²) < 4.78 is 0. The lowest BCUT2D eigenvalue weighted by Gasteiger charge is -1.64. The maximum absolute atomic E-state index is 7.88. The Morgan fingerprint density at radius 2 is 1.80 bits per heavy atom. The van der Waals surface area contributed by atoms with Gasteiger partial charge in [-0.25, -0.2) is 0 Å². The first-order valence-electron chi connectivity index (χ1n) is 1.32. The maximum Gasteiger partial charge on any atom is 0.0762 e. The molecular formula is C2H8ClOP. The summed E-state index contributed by atoms with van der Waals surface area (Å²) in [5.74, 6) is 0. The molecule has 0 saturated heterocycles. The van der Waals surface area contributed by atoms with Crippen molar-refractivity contribution in [3.8, 4) is 0 Å². The van der Waals surface area contributed by atoms with Crippen LogP contribution in [0.5, 0.6) is 0 Å². The molecule has 0 aliphatic rings. The largest absolute Gasteiger partial charge is 1.00 e. The molecule has 0 aliphatic carbocycles. The molecule has 1 atom stereocenters. The number of aliphatic hydroxyl groups is 1. The fraction of sp³-hybridized carbons (Fsp3) is 1.00. The predicted octanol–water partition coefficient (Wildman–Crippen LogP) is -3.41. The Balaban J connectivity index is 0. The highest BCUT2D eigenvalue weighted by molar-refractivity contribution is 7.16. The first kappa shape index (κ1) is 9.19. The summed E-state index contributed by atoms with van der Waals surface area (Å²) in [4.78, 5) is 0. The van der Waals surface area contributed by atoms with Crippen LogP contribution in [0, 0.1) is 0 Å². The van der Waals surface area contributed by atoms with Crippen LogP contribution in [-0.4, -0.2) is 17.9 Å². The van der Waals surface area contributed by atoms with Crippen molar-refractivity contribution in [2.24, 2.45) is 0 Å². The Bertz CT molecular complexity index is 11.6. The Hall–Kier alpha value is 0.680. The monoisotopic (exact) mass is 114 g/mol. The Morgan fingerprint density at radius 1 is 1.60 bits per heavy atom. The fourth-order valence-electron chi connectivity index (χ4n) is 0. The van der Waals surface area contributed by atoms with Crippen LogP contribution in [0.4, 0.5) is 0 Å². The van der Waals surface area contributed by atoms with Crippen LogP contribution in [0.2, 0.25) is 0 Å². The van der Waals surface area contributed by atoms with Gasteiger partial charge in [0.2, 0.25) is 0 Å². The van der Waals surface area contributed by atoms with Crippen molar-refractivity contribution in [2.75, 3.05) is 12.8 Å². The maximum atomic E-state index is 7.88. The minimum atomic E-state index is 0.